The summed E-state index contributed by atoms with van der Waals surface area (Å²) < 4.78 is 5.89. The minimum absolute atomic E-state index is 0.0935. The smallest absolute Gasteiger partial charge is 0.254 e. The van der Waals surface area contributed by atoms with Crippen LogP contribution in [-0.2, 0) is 6.54 Å². The summed E-state index contributed by atoms with van der Waals surface area (Å²) in [4.78, 5) is 26.9. The van der Waals surface area contributed by atoms with Gasteiger partial charge < -0.3 is 15.0 Å². The SMILES string of the molecule is CCCN(C(=O)c1cccc(CNc2cc(Oc3ccccc3Cl)ccc2N=O)c1)C1CCCCC1. The van der Waals surface area contributed by atoms with Gasteiger partial charge in [0.2, 0.25) is 0 Å². The van der Waals surface area contributed by atoms with Gasteiger partial charge in [0.25, 0.3) is 5.91 Å². The van der Waals surface area contributed by atoms with E-state index in [0.29, 0.717) is 40.4 Å². The molecule has 1 saturated carbocycles. The Morgan fingerprint density at radius 3 is 2.61 bits per heavy atom. The van der Waals surface area contributed by atoms with Crippen LogP contribution in [0.15, 0.2) is 71.9 Å². The van der Waals surface area contributed by atoms with Gasteiger partial charge in [0, 0.05) is 30.8 Å². The van der Waals surface area contributed by atoms with Crippen LogP contribution in [0.2, 0.25) is 5.02 Å². The Morgan fingerprint density at radius 2 is 1.86 bits per heavy atom. The Kier molecular flexibility index (Phi) is 8.95. The molecule has 1 amide bonds. The number of amides is 1. The Hall–Kier alpha value is -3.38. The van der Waals surface area contributed by atoms with Crippen molar-refractivity contribution in [1.29, 1.82) is 0 Å². The Bertz CT molecular complexity index is 1190. The predicted molar refractivity (Wildman–Crippen MR) is 145 cm³/mol. The van der Waals surface area contributed by atoms with Gasteiger partial charge >= 0.3 is 0 Å². The van der Waals surface area contributed by atoms with Crippen molar-refractivity contribution >= 4 is 28.9 Å². The Balaban J connectivity index is 1.48. The molecule has 36 heavy (non-hydrogen) atoms. The quantitative estimate of drug-likeness (QED) is 0.281. The number of hydrogen-bond donors (Lipinski definition) is 1. The molecule has 4 rings (SSSR count). The summed E-state index contributed by atoms with van der Waals surface area (Å²) in [5.41, 5.74) is 2.45. The number of carbonyl (C=O) groups is 1. The van der Waals surface area contributed by atoms with Crippen LogP contribution >= 0.6 is 11.6 Å². The number of ether oxygens (including phenoxy) is 1. The van der Waals surface area contributed by atoms with Gasteiger partial charge in [-0.15, -0.1) is 4.91 Å². The lowest BCUT2D eigenvalue weighted by molar-refractivity contribution is 0.0634. The van der Waals surface area contributed by atoms with Crippen LogP contribution in [0.5, 0.6) is 11.5 Å². The molecule has 7 heteroatoms. The lowest BCUT2D eigenvalue weighted by Crippen LogP contribution is -2.42. The molecule has 0 unspecified atom stereocenters. The zero-order valence-electron chi connectivity index (χ0n) is 20.6. The van der Waals surface area contributed by atoms with E-state index >= 15 is 0 Å². The molecule has 0 saturated heterocycles. The topological polar surface area (TPSA) is 71.0 Å². The number of para-hydroxylation sites is 1. The van der Waals surface area contributed by atoms with Crippen molar-refractivity contribution in [2.75, 3.05) is 11.9 Å². The third kappa shape index (κ3) is 6.43. The molecule has 1 fully saturated rings. The second-order valence-corrected chi connectivity index (χ2v) is 9.55. The molecular formula is C29H32ClN3O3. The summed E-state index contributed by atoms with van der Waals surface area (Å²) in [6.45, 7) is 3.32. The van der Waals surface area contributed by atoms with Gasteiger partial charge in [-0.3, -0.25) is 4.79 Å². The third-order valence-electron chi connectivity index (χ3n) is 6.53. The standard InChI is InChI=1S/C29H32ClN3O3/c1-2-17-33(23-11-4-3-5-12-23)29(34)22-10-8-9-21(18-22)20-31-27-19-24(15-16-26(27)32-35)36-28-14-7-6-13-25(28)30/h6-10,13-16,18-19,23,31H,2-5,11-12,17,20H2,1H3. The first-order chi connectivity index (χ1) is 17.6. The van der Waals surface area contributed by atoms with E-state index in [2.05, 4.69) is 22.3 Å². The van der Waals surface area contributed by atoms with Gasteiger partial charge in [-0.25, -0.2) is 0 Å². The van der Waals surface area contributed by atoms with Crippen LogP contribution in [0.4, 0.5) is 11.4 Å². The molecule has 0 atom stereocenters. The first-order valence-corrected chi connectivity index (χ1v) is 13.0. The number of carbonyl (C=O) groups excluding carboxylic acids is 1. The number of nitroso groups, excluding NO2 is 1. The largest absolute Gasteiger partial charge is 0.456 e. The van der Waals surface area contributed by atoms with E-state index in [1.807, 2.05) is 36.4 Å². The fourth-order valence-corrected chi connectivity index (χ4v) is 4.89. The zero-order chi connectivity index (χ0) is 25.3. The van der Waals surface area contributed by atoms with Crippen LogP contribution < -0.4 is 10.1 Å². The van der Waals surface area contributed by atoms with Crippen molar-refractivity contribution in [1.82, 2.24) is 4.90 Å². The number of hydrogen-bond acceptors (Lipinski definition) is 5. The van der Waals surface area contributed by atoms with Gasteiger partial charge in [0.15, 0.2) is 0 Å². The molecule has 0 heterocycles. The van der Waals surface area contributed by atoms with E-state index in [0.717, 1.165) is 31.4 Å². The van der Waals surface area contributed by atoms with E-state index < -0.39 is 0 Å². The summed E-state index contributed by atoms with van der Waals surface area (Å²) in [5, 5.41) is 6.91. The minimum atomic E-state index is 0.0935. The molecule has 6 nitrogen and oxygen atoms in total. The normalized spacial score (nSPS) is 13.7. The van der Waals surface area contributed by atoms with E-state index in [9.17, 15) is 9.70 Å². The summed E-state index contributed by atoms with van der Waals surface area (Å²) >= 11 is 6.21. The molecular weight excluding hydrogens is 474 g/mol. The van der Waals surface area contributed by atoms with Gasteiger partial charge in [-0.1, -0.05) is 62.1 Å². The lowest BCUT2D eigenvalue weighted by atomic mass is 9.93. The van der Waals surface area contributed by atoms with Crippen LogP contribution in [-0.4, -0.2) is 23.4 Å². The van der Waals surface area contributed by atoms with Gasteiger partial charge in [0.1, 0.15) is 17.2 Å². The lowest BCUT2D eigenvalue weighted by Gasteiger charge is -2.34. The van der Waals surface area contributed by atoms with Gasteiger partial charge in [-0.2, -0.15) is 0 Å². The molecule has 0 aliphatic heterocycles. The molecule has 3 aromatic carbocycles. The van der Waals surface area contributed by atoms with Crippen molar-refractivity contribution in [3.05, 3.63) is 87.8 Å². The zero-order valence-corrected chi connectivity index (χ0v) is 21.3. The van der Waals surface area contributed by atoms with Crippen LogP contribution in [0.25, 0.3) is 0 Å². The highest BCUT2D eigenvalue weighted by Gasteiger charge is 2.25. The van der Waals surface area contributed by atoms with Crippen molar-refractivity contribution < 1.29 is 9.53 Å². The number of benzene rings is 3. The molecule has 1 aliphatic rings. The first kappa shape index (κ1) is 25.7. The van der Waals surface area contributed by atoms with Gasteiger partial charge in [0.05, 0.1) is 10.7 Å². The fourth-order valence-electron chi connectivity index (χ4n) is 4.72. The summed E-state index contributed by atoms with van der Waals surface area (Å²) in [7, 11) is 0. The maximum Gasteiger partial charge on any atom is 0.254 e. The minimum Gasteiger partial charge on any atom is -0.456 e. The number of nitrogens with zero attached hydrogens (tertiary/aromatic N) is 2. The van der Waals surface area contributed by atoms with E-state index in [-0.39, 0.29) is 11.6 Å². The Labute approximate surface area is 217 Å². The summed E-state index contributed by atoms with van der Waals surface area (Å²) in [6.07, 6.45) is 6.75. The predicted octanol–water partition coefficient (Wildman–Crippen LogP) is 8.33. The average molecular weight is 506 g/mol. The van der Waals surface area contributed by atoms with E-state index in [1.54, 1.807) is 30.3 Å². The van der Waals surface area contributed by atoms with Crippen molar-refractivity contribution in [3.8, 4) is 11.5 Å². The maximum atomic E-state index is 13.4. The highest BCUT2D eigenvalue weighted by molar-refractivity contribution is 6.32. The van der Waals surface area contributed by atoms with Crippen molar-refractivity contribution in [2.45, 2.75) is 58.0 Å². The highest BCUT2D eigenvalue weighted by atomic mass is 35.5. The highest BCUT2D eigenvalue weighted by Crippen LogP contribution is 2.34. The molecule has 1 aliphatic carbocycles. The average Bonchev–Trinajstić information content (AvgIpc) is 2.92. The molecule has 0 spiro atoms. The Morgan fingerprint density at radius 1 is 1.06 bits per heavy atom. The monoisotopic (exact) mass is 505 g/mol. The van der Waals surface area contributed by atoms with Crippen molar-refractivity contribution in [2.24, 2.45) is 5.18 Å². The van der Waals surface area contributed by atoms with Crippen LogP contribution in [0.3, 0.4) is 0 Å². The van der Waals surface area contributed by atoms with E-state index in [4.69, 9.17) is 16.3 Å². The molecule has 3 aromatic rings. The third-order valence-corrected chi connectivity index (χ3v) is 6.84. The number of halogens is 1. The molecule has 1 N–H and O–H groups in total. The molecule has 0 radical (unpaired) electrons. The van der Waals surface area contributed by atoms with Crippen LogP contribution in [0.1, 0.15) is 61.4 Å². The fraction of sp³-hybridized carbons (Fsp3) is 0.345. The second-order valence-electron chi connectivity index (χ2n) is 9.15. The molecule has 188 valence electrons. The molecule has 0 aromatic heterocycles. The number of anilines is 1. The van der Waals surface area contributed by atoms with E-state index in [1.165, 1.54) is 19.3 Å². The number of rotatable bonds is 10. The second kappa shape index (κ2) is 12.5. The summed E-state index contributed by atoms with van der Waals surface area (Å²) in [6, 6.07) is 20.2. The molecule has 0 bridgehead atoms. The van der Waals surface area contributed by atoms with Crippen LogP contribution in [0, 0.1) is 4.91 Å². The maximum absolute atomic E-state index is 13.4. The van der Waals surface area contributed by atoms with Gasteiger partial charge in [-0.05, 0) is 66.4 Å². The number of nitrogens with one attached hydrogen (secondary N) is 1. The first-order valence-electron chi connectivity index (χ1n) is 12.6. The van der Waals surface area contributed by atoms with Crippen molar-refractivity contribution in [3.63, 3.8) is 0 Å². The summed E-state index contributed by atoms with van der Waals surface area (Å²) in [5.74, 6) is 1.15.